The van der Waals surface area contributed by atoms with Gasteiger partial charge in [-0.05, 0) is 37.1 Å². The first kappa shape index (κ1) is 20.4. The Morgan fingerprint density at radius 2 is 1.93 bits per heavy atom. The molecule has 0 unspecified atom stereocenters. The number of ether oxygens (including phenoxy) is 1. The molecule has 2 aromatic carbocycles. The van der Waals surface area contributed by atoms with Crippen molar-refractivity contribution in [3.8, 4) is 0 Å². The molecule has 0 radical (unpaired) electrons. The lowest BCUT2D eigenvalue weighted by Gasteiger charge is -2.12. The molecular weight excluding hydrogens is 392 g/mol. The van der Waals surface area contributed by atoms with E-state index in [1.54, 1.807) is 35.2 Å². The number of carbonyl (C=O) groups is 2. The molecule has 1 N–H and O–H groups in total. The minimum Gasteiger partial charge on any atom is -0.452 e. The number of amides is 1. The summed E-state index contributed by atoms with van der Waals surface area (Å²) in [7, 11) is 0. The molecule has 3 rings (SSSR count). The van der Waals surface area contributed by atoms with Crippen LogP contribution in [-0.4, -0.2) is 29.5 Å². The van der Waals surface area contributed by atoms with Gasteiger partial charge in [0.2, 0.25) is 0 Å². The van der Waals surface area contributed by atoms with Gasteiger partial charge in [-0.1, -0.05) is 49.0 Å². The number of thiazole rings is 1. The first-order chi connectivity index (χ1) is 13.6. The molecule has 146 valence electrons. The number of carbonyl (C=O) groups excluding carboxylic acids is 2. The number of hydrogen-bond donors (Lipinski definition) is 1. The van der Waals surface area contributed by atoms with Crippen LogP contribution in [0.4, 0.5) is 0 Å². The molecule has 0 bridgehead atoms. The number of hydrogen-bond acceptors (Lipinski definition) is 6. The molecule has 28 heavy (non-hydrogen) atoms. The lowest BCUT2D eigenvalue weighted by atomic mass is 10.1. The number of esters is 1. The Morgan fingerprint density at radius 3 is 2.71 bits per heavy atom. The van der Waals surface area contributed by atoms with Crippen molar-refractivity contribution in [2.24, 2.45) is 0 Å². The van der Waals surface area contributed by atoms with Gasteiger partial charge in [-0.2, -0.15) is 0 Å². The molecule has 0 spiro atoms. The zero-order valence-corrected chi connectivity index (χ0v) is 17.4. The molecule has 7 heteroatoms. The van der Waals surface area contributed by atoms with E-state index in [9.17, 15) is 9.59 Å². The largest absolute Gasteiger partial charge is 0.452 e. The average molecular weight is 415 g/mol. The number of thioether (sulfide) groups is 1. The first-order valence-corrected chi connectivity index (χ1v) is 10.9. The molecular formula is C21H22N2O3S2. The van der Waals surface area contributed by atoms with Crippen LogP contribution in [-0.2, 0) is 15.3 Å². The van der Waals surface area contributed by atoms with E-state index in [1.807, 2.05) is 50.2 Å². The van der Waals surface area contributed by atoms with Crippen LogP contribution in [0, 0.1) is 0 Å². The summed E-state index contributed by atoms with van der Waals surface area (Å²) in [6, 6.07) is 15.4. The van der Waals surface area contributed by atoms with Crippen LogP contribution in [0.25, 0.3) is 10.2 Å². The number of benzene rings is 2. The molecule has 1 amide bonds. The van der Waals surface area contributed by atoms with E-state index in [-0.39, 0.29) is 18.6 Å². The smallest absolute Gasteiger partial charge is 0.338 e. The van der Waals surface area contributed by atoms with Crippen molar-refractivity contribution in [2.45, 2.75) is 36.4 Å². The van der Waals surface area contributed by atoms with E-state index in [4.69, 9.17) is 4.74 Å². The fourth-order valence-corrected chi connectivity index (χ4v) is 4.60. The fourth-order valence-electron chi connectivity index (χ4n) is 2.53. The Labute approximate surface area is 172 Å². The van der Waals surface area contributed by atoms with Crippen LogP contribution in [0.15, 0.2) is 52.9 Å². The summed E-state index contributed by atoms with van der Waals surface area (Å²) in [6.45, 7) is 3.62. The van der Waals surface area contributed by atoms with Gasteiger partial charge < -0.3 is 10.1 Å². The highest BCUT2D eigenvalue weighted by molar-refractivity contribution is 8.00. The number of nitrogens with one attached hydrogen (secondary N) is 1. The molecule has 0 saturated heterocycles. The van der Waals surface area contributed by atoms with Crippen molar-refractivity contribution in [3.63, 3.8) is 0 Å². The molecule has 0 saturated carbocycles. The second kappa shape index (κ2) is 9.71. The molecule has 1 aromatic heterocycles. The standard InChI is InChI=1S/C21H22N2O3S2/c1-3-14(2)22-19(24)12-26-20(25)16-9-5-4-8-15(16)13-27-21-23-17-10-6-7-11-18(17)28-21/h4-11,14H,3,12-13H2,1-2H3,(H,22,24)/t14-/m0/s1. The lowest BCUT2D eigenvalue weighted by molar-refractivity contribution is -0.124. The summed E-state index contributed by atoms with van der Waals surface area (Å²) in [5.41, 5.74) is 2.32. The summed E-state index contributed by atoms with van der Waals surface area (Å²) in [6.07, 6.45) is 0.825. The van der Waals surface area contributed by atoms with E-state index in [0.29, 0.717) is 11.3 Å². The molecule has 0 aliphatic rings. The van der Waals surface area contributed by atoms with E-state index in [2.05, 4.69) is 10.3 Å². The number of para-hydroxylation sites is 1. The second-order valence-corrected chi connectivity index (χ2v) is 8.60. The van der Waals surface area contributed by atoms with Crippen LogP contribution >= 0.6 is 23.1 Å². The molecule has 3 aromatic rings. The SMILES string of the molecule is CC[C@H](C)NC(=O)COC(=O)c1ccccc1CSc1nc2ccccc2s1. The highest BCUT2D eigenvalue weighted by atomic mass is 32.2. The topological polar surface area (TPSA) is 68.3 Å². The van der Waals surface area contributed by atoms with Crippen molar-refractivity contribution in [2.75, 3.05) is 6.61 Å². The van der Waals surface area contributed by atoms with Crippen LogP contribution in [0.5, 0.6) is 0 Å². The normalized spacial score (nSPS) is 11.9. The first-order valence-electron chi connectivity index (χ1n) is 9.09. The summed E-state index contributed by atoms with van der Waals surface area (Å²) in [4.78, 5) is 28.9. The molecule has 1 heterocycles. The Balaban J connectivity index is 1.62. The van der Waals surface area contributed by atoms with Gasteiger partial charge in [0.1, 0.15) is 0 Å². The molecule has 1 atom stereocenters. The van der Waals surface area contributed by atoms with Gasteiger partial charge in [-0.15, -0.1) is 11.3 Å². The average Bonchev–Trinajstić information content (AvgIpc) is 3.13. The van der Waals surface area contributed by atoms with Gasteiger partial charge in [-0.3, -0.25) is 4.79 Å². The van der Waals surface area contributed by atoms with Gasteiger partial charge in [0, 0.05) is 11.8 Å². The van der Waals surface area contributed by atoms with Crippen LogP contribution < -0.4 is 5.32 Å². The third kappa shape index (κ3) is 5.33. The maximum Gasteiger partial charge on any atom is 0.338 e. The zero-order valence-electron chi connectivity index (χ0n) is 15.8. The van der Waals surface area contributed by atoms with Gasteiger partial charge in [0.15, 0.2) is 10.9 Å². The Kier molecular flexibility index (Phi) is 7.06. The number of rotatable bonds is 8. The van der Waals surface area contributed by atoms with Crippen LogP contribution in [0.2, 0.25) is 0 Å². The quantitative estimate of drug-likeness (QED) is 0.429. The van der Waals surface area contributed by atoms with Crippen molar-refractivity contribution >= 4 is 45.2 Å². The maximum absolute atomic E-state index is 12.5. The predicted octanol–water partition coefficient (Wildman–Crippen LogP) is 4.66. The fraction of sp³-hybridized carbons (Fsp3) is 0.286. The van der Waals surface area contributed by atoms with Gasteiger partial charge >= 0.3 is 5.97 Å². The second-order valence-electron chi connectivity index (χ2n) is 6.35. The minimum atomic E-state index is -0.486. The molecule has 0 aliphatic heterocycles. The van der Waals surface area contributed by atoms with Gasteiger partial charge in [0.25, 0.3) is 5.91 Å². The number of aromatic nitrogens is 1. The van der Waals surface area contributed by atoms with Gasteiger partial charge in [-0.25, -0.2) is 9.78 Å². The summed E-state index contributed by atoms with van der Waals surface area (Å²) in [5, 5.41) is 2.78. The van der Waals surface area contributed by atoms with Crippen LogP contribution in [0.3, 0.4) is 0 Å². The predicted molar refractivity (Wildman–Crippen MR) is 114 cm³/mol. The van der Waals surface area contributed by atoms with Crippen molar-refractivity contribution in [1.82, 2.24) is 10.3 Å². The maximum atomic E-state index is 12.5. The summed E-state index contributed by atoms with van der Waals surface area (Å²) >= 11 is 3.22. The molecule has 5 nitrogen and oxygen atoms in total. The van der Waals surface area contributed by atoms with E-state index < -0.39 is 5.97 Å². The van der Waals surface area contributed by atoms with Crippen molar-refractivity contribution in [1.29, 1.82) is 0 Å². The van der Waals surface area contributed by atoms with E-state index in [0.717, 1.165) is 26.5 Å². The monoisotopic (exact) mass is 414 g/mol. The minimum absolute atomic E-state index is 0.0590. The van der Waals surface area contributed by atoms with Crippen molar-refractivity contribution < 1.29 is 14.3 Å². The summed E-state index contributed by atoms with van der Waals surface area (Å²) < 4.78 is 7.30. The lowest BCUT2D eigenvalue weighted by Crippen LogP contribution is -2.35. The Bertz CT molecular complexity index is 938. The van der Waals surface area contributed by atoms with Crippen LogP contribution in [0.1, 0.15) is 36.2 Å². The number of fused-ring (bicyclic) bond motifs is 1. The molecule has 0 aliphatic carbocycles. The van der Waals surface area contributed by atoms with E-state index in [1.165, 1.54) is 0 Å². The highest BCUT2D eigenvalue weighted by Gasteiger charge is 2.15. The van der Waals surface area contributed by atoms with Gasteiger partial charge in [0.05, 0.1) is 15.8 Å². The van der Waals surface area contributed by atoms with E-state index >= 15 is 0 Å². The Hall–Kier alpha value is -2.38. The summed E-state index contributed by atoms with van der Waals surface area (Å²) in [5.74, 6) is -0.173. The molecule has 0 fully saturated rings. The highest BCUT2D eigenvalue weighted by Crippen LogP contribution is 2.32. The third-order valence-electron chi connectivity index (χ3n) is 4.22. The Morgan fingerprint density at radius 1 is 1.18 bits per heavy atom. The number of nitrogens with zero attached hydrogens (tertiary/aromatic N) is 1. The van der Waals surface area contributed by atoms with Crippen molar-refractivity contribution in [3.05, 3.63) is 59.7 Å². The third-order valence-corrected chi connectivity index (χ3v) is 6.44. The zero-order chi connectivity index (χ0) is 19.9.